The Balaban J connectivity index is 2.75. The van der Waals surface area contributed by atoms with Gasteiger partial charge in [-0.2, -0.15) is 0 Å². The molecule has 0 bridgehead atoms. The van der Waals surface area contributed by atoms with Gasteiger partial charge in [-0.25, -0.2) is 8.78 Å². The Morgan fingerprint density at radius 2 is 2.07 bits per heavy atom. The first-order valence-electron chi connectivity index (χ1n) is 4.53. The van der Waals surface area contributed by atoms with Crippen molar-refractivity contribution in [2.75, 3.05) is 11.9 Å². The van der Waals surface area contributed by atoms with Crippen LogP contribution in [0.5, 0.6) is 0 Å². The lowest BCUT2D eigenvalue weighted by molar-refractivity contribution is 0.583. The highest BCUT2D eigenvalue weighted by atomic mass is 79.9. The Kier molecular flexibility index (Phi) is 4.32. The van der Waals surface area contributed by atoms with Gasteiger partial charge in [-0.1, -0.05) is 13.3 Å². The summed E-state index contributed by atoms with van der Waals surface area (Å²) in [5.74, 6) is -1.14. The lowest BCUT2D eigenvalue weighted by atomic mass is 10.2. The van der Waals surface area contributed by atoms with Gasteiger partial charge in [-0.3, -0.25) is 0 Å². The lowest BCUT2D eigenvalue weighted by Crippen LogP contribution is -2.04. The molecule has 0 aliphatic heterocycles. The normalized spacial score (nSPS) is 10.3. The molecule has 1 aromatic rings. The summed E-state index contributed by atoms with van der Waals surface area (Å²) in [6.45, 7) is 2.75. The lowest BCUT2D eigenvalue weighted by Gasteiger charge is -2.08. The van der Waals surface area contributed by atoms with Gasteiger partial charge in [0.2, 0.25) is 0 Å². The third kappa shape index (κ3) is 2.94. The zero-order valence-electron chi connectivity index (χ0n) is 7.91. The van der Waals surface area contributed by atoms with Crippen LogP contribution in [0.4, 0.5) is 14.5 Å². The van der Waals surface area contributed by atoms with Crippen LogP contribution in [0.1, 0.15) is 19.8 Å². The molecule has 0 aliphatic carbocycles. The third-order valence-electron chi connectivity index (χ3n) is 1.84. The first kappa shape index (κ1) is 11.4. The van der Waals surface area contributed by atoms with Gasteiger partial charge >= 0.3 is 0 Å². The molecule has 1 nitrogen and oxygen atoms in total. The first-order valence-corrected chi connectivity index (χ1v) is 5.33. The van der Waals surface area contributed by atoms with Gasteiger partial charge in [0.05, 0.1) is 5.69 Å². The Morgan fingerprint density at radius 3 is 2.64 bits per heavy atom. The van der Waals surface area contributed by atoms with Crippen LogP contribution in [0.25, 0.3) is 0 Å². The van der Waals surface area contributed by atoms with Crippen molar-refractivity contribution in [3.63, 3.8) is 0 Å². The minimum atomic E-state index is -0.574. The molecule has 0 aromatic heterocycles. The number of unbranched alkanes of at least 4 members (excludes halogenated alkanes) is 1. The van der Waals surface area contributed by atoms with Crippen LogP contribution in [0.2, 0.25) is 0 Å². The summed E-state index contributed by atoms with van der Waals surface area (Å²) in [4.78, 5) is 0. The predicted octanol–water partition coefficient (Wildman–Crippen LogP) is 3.94. The van der Waals surface area contributed by atoms with E-state index in [2.05, 4.69) is 28.2 Å². The topological polar surface area (TPSA) is 12.0 Å². The Hall–Kier alpha value is -0.640. The highest BCUT2D eigenvalue weighted by Gasteiger charge is 2.08. The van der Waals surface area contributed by atoms with Gasteiger partial charge in [0.1, 0.15) is 11.6 Å². The summed E-state index contributed by atoms with van der Waals surface area (Å²) in [6, 6.07) is 2.12. The molecule has 0 fully saturated rings. The van der Waals surface area contributed by atoms with Crippen molar-refractivity contribution in [3.8, 4) is 0 Å². The van der Waals surface area contributed by atoms with E-state index in [1.165, 1.54) is 6.07 Å². The highest BCUT2D eigenvalue weighted by molar-refractivity contribution is 9.10. The van der Waals surface area contributed by atoms with Crippen molar-refractivity contribution in [2.24, 2.45) is 0 Å². The number of rotatable bonds is 4. The number of halogens is 3. The molecule has 0 saturated carbocycles. The van der Waals surface area contributed by atoms with Crippen molar-refractivity contribution in [1.29, 1.82) is 0 Å². The fourth-order valence-corrected chi connectivity index (χ4v) is 1.65. The number of hydrogen-bond donors (Lipinski definition) is 1. The minimum absolute atomic E-state index is 0.333. The van der Waals surface area contributed by atoms with Crippen LogP contribution in [-0.4, -0.2) is 6.54 Å². The molecule has 1 N–H and O–H groups in total. The molecule has 0 unspecified atom stereocenters. The van der Waals surface area contributed by atoms with Crippen molar-refractivity contribution >= 4 is 21.6 Å². The number of anilines is 1. The van der Waals surface area contributed by atoms with E-state index >= 15 is 0 Å². The Bertz CT molecular complexity index is 292. The summed E-state index contributed by atoms with van der Waals surface area (Å²) in [6.07, 6.45) is 2.00. The zero-order valence-corrected chi connectivity index (χ0v) is 9.50. The summed E-state index contributed by atoms with van der Waals surface area (Å²) < 4.78 is 26.3. The summed E-state index contributed by atoms with van der Waals surface area (Å²) in [7, 11) is 0. The minimum Gasteiger partial charge on any atom is -0.382 e. The molecule has 0 heterocycles. The largest absolute Gasteiger partial charge is 0.382 e. The second kappa shape index (κ2) is 5.29. The molecule has 78 valence electrons. The van der Waals surface area contributed by atoms with Crippen molar-refractivity contribution < 1.29 is 8.78 Å². The van der Waals surface area contributed by atoms with Crippen molar-refractivity contribution in [1.82, 2.24) is 0 Å². The van der Waals surface area contributed by atoms with Crippen LogP contribution in [0.15, 0.2) is 16.6 Å². The van der Waals surface area contributed by atoms with Gasteiger partial charge in [-0.15, -0.1) is 0 Å². The standard InChI is InChI=1S/C10H12BrF2N/c1-2-3-4-14-10-8(11)5-7(12)6-9(10)13/h5-6,14H,2-4H2,1H3. The molecule has 0 amide bonds. The maximum atomic E-state index is 13.2. The van der Waals surface area contributed by atoms with Gasteiger partial charge in [0.25, 0.3) is 0 Å². The fraction of sp³-hybridized carbons (Fsp3) is 0.400. The number of nitrogens with one attached hydrogen (secondary N) is 1. The number of hydrogen-bond acceptors (Lipinski definition) is 1. The van der Waals surface area contributed by atoms with E-state index in [0.29, 0.717) is 16.7 Å². The van der Waals surface area contributed by atoms with E-state index in [4.69, 9.17) is 0 Å². The third-order valence-corrected chi connectivity index (χ3v) is 2.46. The van der Waals surface area contributed by atoms with Crippen LogP contribution in [0.3, 0.4) is 0 Å². The molecule has 1 rings (SSSR count). The smallest absolute Gasteiger partial charge is 0.150 e. The summed E-state index contributed by atoms with van der Waals surface area (Å²) >= 11 is 3.11. The second-order valence-corrected chi connectivity index (χ2v) is 3.88. The first-order chi connectivity index (χ1) is 6.65. The van der Waals surface area contributed by atoms with Crippen LogP contribution in [0, 0.1) is 11.6 Å². The average molecular weight is 264 g/mol. The summed E-state index contributed by atoms with van der Waals surface area (Å²) in [5, 5.41) is 2.92. The molecule has 14 heavy (non-hydrogen) atoms. The molecule has 0 spiro atoms. The quantitative estimate of drug-likeness (QED) is 0.812. The molecular formula is C10H12BrF2N. The van der Waals surface area contributed by atoms with E-state index in [1.807, 2.05) is 0 Å². The van der Waals surface area contributed by atoms with Crippen molar-refractivity contribution in [3.05, 3.63) is 28.2 Å². The molecule has 0 radical (unpaired) electrons. The molecule has 0 atom stereocenters. The maximum absolute atomic E-state index is 13.2. The van der Waals surface area contributed by atoms with E-state index in [1.54, 1.807) is 0 Å². The number of benzene rings is 1. The molecule has 0 aliphatic rings. The van der Waals surface area contributed by atoms with Crippen molar-refractivity contribution in [2.45, 2.75) is 19.8 Å². The molecular weight excluding hydrogens is 252 g/mol. The van der Waals surface area contributed by atoms with Gasteiger partial charge in [-0.05, 0) is 28.4 Å². The second-order valence-electron chi connectivity index (χ2n) is 3.02. The highest BCUT2D eigenvalue weighted by Crippen LogP contribution is 2.26. The monoisotopic (exact) mass is 263 g/mol. The molecule has 0 saturated heterocycles. The van der Waals surface area contributed by atoms with Crippen LogP contribution in [-0.2, 0) is 0 Å². The average Bonchev–Trinajstić information content (AvgIpc) is 2.09. The van der Waals surface area contributed by atoms with Gasteiger partial charge in [0.15, 0.2) is 0 Å². The fourth-order valence-electron chi connectivity index (χ4n) is 1.10. The predicted molar refractivity (Wildman–Crippen MR) is 57.5 cm³/mol. The van der Waals surface area contributed by atoms with E-state index < -0.39 is 11.6 Å². The van der Waals surface area contributed by atoms with Gasteiger partial charge in [0, 0.05) is 17.1 Å². The van der Waals surface area contributed by atoms with E-state index in [9.17, 15) is 8.78 Å². The molecule has 4 heteroatoms. The Morgan fingerprint density at radius 1 is 1.36 bits per heavy atom. The SMILES string of the molecule is CCCCNc1c(F)cc(F)cc1Br. The maximum Gasteiger partial charge on any atom is 0.150 e. The van der Waals surface area contributed by atoms with Crippen LogP contribution < -0.4 is 5.32 Å². The molecule has 1 aromatic carbocycles. The zero-order chi connectivity index (χ0) is 10.6. The Labute approximate surface area is 90.6 Å². The van der Waals surface area contributed by atoms with E-state index in [-0.39, 0.29) is 0 Å². The summed E-state index contributed by atoms with van der Waals surface area (Å²) in [5.41, 5.74) is 0.333. The van der Waals surface area contributed by atoms with Gasteiger partial charge < -0.3 is 5.32 Å². The van der Waals surface area contributed by atoms with E-state index in [0.717, 1.165) is 18.9 Å². The van der Waals surface area contributed by atoms with Crippen LogP contribution >= 0.6 is 15.9 Å².